The zero-order valence-electron chi connectivity index (χ0n) is 12.1. The van der Waals surface area contributed by atoms with Crippen molar-refractivity contribution in [3.05, 3.63) is 28.7 Å². The largest absolute Gasteiger partial charge is 0.349 e. The highest BCUT2D eigenvalue weighted by atomic mass is 79.9. The molecule has 1 aliphatic heterocycles. The van der Waals surface area contributed by atoms with E-state index in [9.17, 15) is 18.4 Å². The van der Waals surface area contributed by atoms with Crippen LogP contribution in [0.3, 0.4) is 0 Å². The molecule has 1 atom stereocenters. The number of hydrogen-bond acceptors (Lipinski definition) is 3. The minimum atomic E-state index is -3.17. The molecule has 0 saturated carbocycles. The highest BCUT2D eigenvalue weighted by molar-refractivity contribution is 9.10. The average Bonchev–Trinajstić information content (AvgIpc) is 2.87. The lowest BCUT2D eigenvalue weighted by Gasteiger charge is -2.19. The number of amides is 2. The van der Waals surface area contributed by atoms with Gasteiger partial charge in [0, 0.05) is 11.0 Å². The van der Waals surface area contributed by atoms with Crippen molar-refractivity contribution < 1.29 is 18.4 Å². The summed E-state index contributed by atoms with van der Waals surface area (Å²) >= 11 is 3.35. The summed E-state index contributed by atoms with van der Waals surface area (Å²) in [6, 6.07) is 7.14. The Morgan fingerprint density at radius 1 is 1.43 bits per heavy atom. The van der Waals surface area contributed by atoms with Crippen LogP contribution in [-0.2, 0) is 9.59 Å². The van der Waals surface area contributed by atoms with Gasteiger partial charge in [-0.15, -0.1) is 12.4 Å². The van der Waals surface area contributed by atoms with Gasteiger partial charge in [0.1, 0.15) is 5.92 Å². The number of nitrogens with zero attached hydrogens (tertiary/aromatic N) is 1. The van der Waals surface area contributed by atoms with E-state index in [1.807, 2.05) is 6.07 Å². The molecule has 1 fully saturated rings. The minimum Gasteiger partial charge on any atom is -0.349 e. The molecule has 1 heterocycles. The molecule has 128 valence electrons. The van der Waals surface area contributed by atoms with Crippen molar-refractivity contribution in [2.75, 3.05) is 24.5 Å². The Bertz CT molecular complexity index is 589. The van der Waals surface area contributed by atoms with E-state index in [1.54, 1.807) is 18.2 Å². The number of carbonyl (C=O) groups excluding carboxylic acids is 2. The molecule has 1 aromatic rings. The van der Waals surface area contributed by atoms with Crippen molar-refractivity contribution in [3.63, 3.8) is 0 Å². The molecule has 0 spiro atoms. The molecule has 2 amide bonds. The zero-order chi connectivity index (χ0) is 16.3. The minimum absolute atomic E-state index is 0. The Kier molecular flexibility index (Phi) is 6.91. The van der Waals surface area contributed by atoms with E-state index in [0.29, 0.717) is 18.7 Å². The first-order valence-corrected chi connectivity index (χ1v) is 7.56. The van der Waals surface area contributed by atoms with Gasteiger partial charge in [0.25, 0.3) is 5.92 Å². The Morgan fingerprint density at radius 3 is 2.70 bits per heavy atom. The first-order valence-electron chi connectivity index (χ1n) is 6.77. The van der Waals surface area contributed by atoms with Crippen LogP contribution in [0.5, 0.6) is 0 Å². The molecule has 2 rings (SSSR count). The molecule has 0 bridgehead atoms. The first-order chi connectivity index (χ1) is 10.4. The highest BCUT2D eigenvalue weighted by Crippen LogP contribution is 2.31. The van der Waals surface area contributed by atoms with Gasteiger partial charge in [-0.2, -0.15) is 0 Å². The Morgan fingerprint density at radius 2 is 2.09 bits per heavy atom. The molecule has 3 N–H and O–H groups in total. The molecule has 0 radical (unpaired) electrons. The quantitative estimate of drug-likeness (QED) is 0.726. The van der Waals surface area contributed by atoms with Crippen LogP contribution in [0, 0.1) is 5.92 Å². The Hall–Kier alpha value is -1.25. The van der Waals surface area contributed by atoms with Gasteiger partial charge in [-0.1, -0.05) is 12.1 Å². The van der Waals surface area contributed by atoms with Crippen LogP contribution in [0.15, 0.2) is 28.7 Å². The number of benzene rings is 1. The monoisotopic (exact) mass is 411 g/mol. The van der Waals surface area contributed by atoms with Crippen molar-refractivity contribution in [1.29, 1.82) is 0 Å². The van der Waals surface area contributed by atoms with Crippen LogP contribution in [0.4, 0.5) is 14.5 Å². The number of nitrogens with two attached hydrogens (primary N) is 1. The lowest BCUT2D eigenvalue weighted by atomic mass is 10.1. The molecular formula is C14H17BrClF2N3O2. The fourth-order valence-electron chi connectivity index (χ4n) is 2.24. The number of halogens is 4. The number of nitrogens with one attached hydrogen (secondary N) is 1. The summed E-state index contributed by atoms with van der Waals surface area (Å²) in [4.78, 5) is 25.7. The predicted molar refractivity (Wildman–Crippen MR) is 88.9 cm³/mol. The Labute approximate surface area is 147 Å². The van der Waals surface area contributed by atoms with Crippen LogP contribution >= 0.6 is 28.3 Å². The maximum absolute atomic E-state index is 13.1. The van der Waals surface area contributed by atoms with Gasteiger partial charge >= 0.3 is 0 Å². The lowest BCUT2D eigenvalue weighted by Crippen LogP contribution is -2.45. The van der Waals surface area contributed by atoms with Crippen molar-refractivity contribution >= 4 is 45.8 Å². The number of para-hydroxylation sites is 1. The van der Waals surface area contributed by atoms with Gasteiger partial charge in [-0.3, -0.25) is 9.59 Å². The highest BCUT2D eigenvalue weighted by Gasteiger charge is 2.39. The van der Waals surface area contributed by atoms with E-state index in [-0.39, 0.29) is 18.3 Å². The second-order valence-corrected chi connectivity index (χ2v) is 5.91. The predicted octanol–water partition coefficient (Wildman–Crippen LogP) is 1.93. The topological polar surface area (TPSA) is 75.4 Å². The van der Waals surface area contributed by atoms with Gasteiger partial charge in [0.2, 0.25) is 11.8 Å². The number of anilines is 1. The van der Waals surface area contributed by atoms with Crippen molar-refractivity contribution in [3.8, 4) is 0 Å². The molecule has 5 nitrogen and oxygen atoms in total. The second kappa shape index (κ2) is 8.03. The lowest BCUT2D eigenvalue weighted by molar-refractivity contribution is -0.133. The molecule has 23 heavy (non-hydrogen) atoms. The average molecular weight is 413 g/mol. The summed E-state index contributed by atoms with van der Waals surface area (Å²) < 4.78 is 26.8. The van der Waals surface area contributed by atoms with E-state index >= 15 is 0 Å². The first kappa shape index (κ1) is 19.8. The van der Waals surface area contributed by atoms with Crippen LogP contribution in [0.1, 0.15) is 6.42 Å². The van der Waals surface area contributed by atoms with Gasteiger partial charge in [0.05, 0.1) is 18.8 Å². The standard InChI is InChI=1S/C14H16BrF2N3O2.ClH/c15-10-3-1-2-4-11(10)20-6-5-9(13(20)22)12(21)19-8-14(16,17)7-18;/h1-4,9H,5-8,18H2,(H,19,21);1H. The van der Waals surface area contributed by atoms with Crippen LogP contribution in [0.25, 0.3) is 0 Å². The SMILES string of the molecule is Cl.NCC(F)(F)CNC(=O)C1CCN(c2ccccc2Br)C1=O. The fourth-order valence-corrected chi connectivity index (χ4v) is 2.74. The molecule has 1 aliphatic rings. The van der Waals surface area contributed by atoms with Gasteiger partial charge in [0.15, 0.2) is 0 Å². The number of hydrogen-bond donors (Lipinski definition) is 2. The van der Waals surface area contributed by atoms with Gasteiger partial charge in [-0.05, 0) is 34.5 Å². The summed E-state index contributed by atoms with van der Waals surface area (Å²) in [7, 11) is 0. The Balaban J connectivity index is 0.00000264. The fraction of sp³-hybridized carbons (Fsp3) is 0.429. The van der Waals surface area contributed by atoms with E-state index < -0.39 is 30.8 Å². The maximum atomic E-state index is 13.1. The normalized spacial score (nSPS) is 17.8. The molecule has 0 aliphatic carbocycles. The summed E-state index contributed by atoms with van der Waals surface area (Å²) in [5.74, 6) is -5.19. The van der Waals surface area contributed by atoms with E-state index in [2.05, 4.69) is 21.2 Å². The number of alkyl halides is 2. The van der Waals surface area contributed by atoms with Gasteiger partial charge < -0.3 is 16.0 Å². The third-order valence-electron chi connectivity index (χ3n) is 3.49. The smallest absolute Gasteiger partial charge is 0.277 e. The molecule has 1 saturated heterocycles. The molecular weight excluding hydrogens is 396 g/mol. The van der Waals surface area contributed by atoms with Crippen LogP contribution in [0.2, 0.25) is 0 Å². The maximum Gasteiger partial charge on any atom is 0.277 e. The van der Waals surface area contributed by atoms with E-state index in [0.717, 1.165) is 4.47 Å². The molecule has 1 unspecified atom stereocenters. The van der Waals surface area contributed by atoms with Gasteiger partial charge in [-0.25, -0.2) is 8.78 Å². The zero-order valence-corrected chi connectivity index (χ0v) is 14.5. The van der Waals surface area contributed by atoms with Crippen molar-refractivity contribution in [2.45, 2.75) is 12.3 Å². The van der Waals surface area contributed by atoms with Crippen LogP contribution in [-0.4, -0.2) is 37.4 Å². The van der Waals surface area contributed by atoms with Crippen molar-refractivity contribution in [1.82, 2.24) is 5.32 Å². The third-order valence-corrected chi connectivity index (χ3v) is 4.16. The van der Waals surface area contributed by atoms with Crippen molar-refractivity contribution in [2.24, 2.45) is 11.7 Å². The summed E-state index contributed by atoms with van der Waals surface area (Å²) in [6.45, 7) is -1.34. The van der Waals surface area contributed by atoms with E-state index in [1.165, 1.54) is 4.90 Å². The number of carbonyl (C=O) groups is 2. The molecule has 1 aromatic carbocycles. The summed E-state index contributed by atoms with van der Waals surface area (Å²) in [5.41, 5.74) is 5.57. The number of rotatable bonds is 5. The molecule has 0 aromatic heterocycles. The summed E-state index contributed by atoms with van der Waals surface area (Å²) in [6.07, 6.45) is 0.292. The molecule has 9 heteroatoms. The van der Waals surface area contributed by atoms with E-state index in [4.69, 9.17) is 5.73 Å². The van der Waals surface area contributed by atoms with Crippen LogP contribution < -0.4 is 16.0 Å². The third kappa shape index (κ3) is 4.62. The second-order valence-electron chi connectivity index (χ2n) is 5.06. The summed E-state index contributed by atoms with van der Waals surface area (Å²) in [5, 5.41) is 2.10.